The number of hydrogen-bond donors (Lipinski definition) is 2. The SMILES string of the molecule is O=C(C=Cc1c[nH]c2ncccc12)NCc1ccccc1N1CCOCC1. The predicted octanol–water partition coefficient (Wildman–Crippen LogP) is 2.73. The van der Waals surface area contributed by atoms with Crippen LogP contribution in [0.5, 0.6) is 0 Å². The number of carbonyl (C=O) groups is 1. The largest absolute Gasteiger partial charge is 0.378 e. The van der Waals surface area contributed by atoms with E-state index in [-0.39, 0.29) is 5.91 Å². The molecule has 0 atom stereocenters. The molecular formula is C21H22N4O2. The number of para-hydroxylation sites is 1. The van der Waals surface area contributed by atoms with Gasteiger partial charge in [0.1, 0.15) is 5.65 Å². The van der Waals surface area contributed by atoms with Crippen molar-refractivity contribution in [2.45, 2.75) is 6.54 Å². The first-order valence-corrected chi connectivity index (χ1v) is 9.10. The lowest BCUT2D eigenvalue weighted by Gasteiger charge is -2.30. The Hall–Kier alpha value is -3.12. The van der Waals surface area contributed by atoms with Gasteiger partial charge < -0.3 is 19.9 Å². The standard InChI is InChI=1S/C21H22N4O2/c26-20(8-7-16-14-24-21-18(16)5-3-9-22-21)23-15-17-4-1-2-6-19(17)25-10-12-27-13-11-25/h1-9,14H,10-13,15H2,(H,22,24)(H,23,26). The zero-order valence-corrected chi connectivity index (χ0v) is 15.0. The molecule has 0 spiro atoms. The van der Waals surface area contributed by atoms with Crippen molar-refractivity contribution in [2.75, 3.05) is 31.2 Å². The second-order valence-electron chi connectivity index (χ2n) is 6.42. The molecule has 1 fully saturated rings. The number of nitrogens with one attached hydrogen (secondary N) is 2. The van der Waals surface area contributed by atoms with Crippen LogP contribution in [0.25, 0.3) is 17.1 Å². The normalized spacial score (nSPS) is 14.7. The molecule has 6 heteroatoms. The molecule has 6 nitrogen and oxygen atoms in total. The Bertz CT molecular complexity index is 957. The van der Waals surface area contributed by atoms with E-state index in [4.69, 9.17) is 4.74 Å². The second kappa shape index (κ2) is 8.05. The van der Waals surface area contributed by atoms with Crippen LogP contribution in [-0.4, -0.2) is 42.2 Å². The minimum absolute atomic E-state index is 0.120. The van der Waals surface area contributed by atoms with Crippen LogP contribution in [0, 0.1) is 0 Å². The number of aromatic nitrogens is 2. The van der Waals surface area contributed by atoms with Crippen molar-refractivity contribution in [3.8, 4) is 0 Å². The predicted molar refractivity (Wildman–Crippen MR) is 106 cm³/mol. The summed E-state index contributed by atoms with van der Waals surface area (Å²) in [5.41, 5.74) is 4.03. The van der Waals surface area contributed by atoms with E-state index in [0.717, 1.165) is 54.2 Å². The summed E-state index contributed by atoms with van der Waals surface area (Å²) in [6.07, 6.45) is 6.97. The lowest BCUT2D eigenvalue weighted by Crippen LogP contribution is -2.37. The number of ether oxygens (including phenoxy) is 1. The third kappa shape index (κ3) is 4.01. The first kappa shape index (κ1) is 17.3. The number of hydrogen-bond acceptors (Lipinski definition) is 4. The Morgan fingerprint density at radius 2 is 2.07 bits per heavy atom. The summed E-state index contributed by atoms with van der Waals surface area (Å²) in [6.45, 7) is 3.72. The van der Waals surface area contributed by atoms with Crippen molar-refractivity contribution in [2.24, 2.45) is 0 Å². The van der Waals surface area contributed by atoms with E-state index >= 15 is 0 Å². The molecule has 2 aromatic heterocycles. The highest BCUT2D eigenvalue weighted by molar-refractivity contribution is 5.95. The average Bonchev–Trinajstić information content (AvgIpc) is 3.15. The van der Waals surface area contributed by atoms with Gasteiger partial charge in [-0.05, 0) is 29.8 Å². The first-order valence-electron chi connectivity index (χ1n) is 9.10. The first-order chi connectivity index (χ1) is 13.3. The quantitative estimate of drug-likeness (QED) is 0.685. The summed E-state index contributed by atoms with van der Waals surface area (Å²) in [4.78, 5) is 21.9. The topological polar surface area (TPSA) is 70.2 Å². The summed E-state index contributed by atoms with van der Waals surface area (Å²) in [5.74, 6) is -0.120. The summed E-state index contributed by atoms with van der Waals surface area (Å²) < 4.78 is 5.43. The van der Waals surface area contributed by atoms with Gasteiger partial charge >= 0.3 is 0 Å². The monoisotopic (exact) mass is 362 g/mol. The lowest BCUT2D eigenvalue weighted by molar-refractivity contribution is -0.116. The fourth-order valence-corrected chi connectivity index (χ4v) is 3.29. The number of aromatic amines is 1. The Labute approximate surface area is 157 Å². The Morgan fingerprint density at radius 1 is 1.22 bits per heavy atom. The van der Waals surface area contributed by atoms with Crippen LogP contribution < -0.4 is 10.2 Å². The number of pyridine rings is 1. The van der Waals surface area contributed by atoms with Gasteiger partial charge in [-0.25, -0.2) is 4.98 Å². The summed E-state index contributed by atoms with van der Waals surface area (Å²) in [7, 11) is 0. The molecule has 3 aromatic rings. The second-order valence-corrected chi connectivity index (χ2v) is 6.42. The van der Waals surface area contributed by atoms with Gasteiger partial charge in [0.25, 0.3) is 0 Å². The minimum Gasteiger partial charge on any atom is -0.378 e. The van der Waals surface area contributed by atoms with E-state index in [1.165, 1.54) is 0 Å². The van der Waals surface area contributed by atoms with Gasteiger partial charge in [-0.15, -0.1) is 0 Å². The molecule has 0 aliphatic carbocycles. The van der Waals surface area contributed by atoms with Gasteiger partial charge in [-0.3, -0.25) is 4.79 Å². The summed E-state index contributed by atoms with van der Waals surface area (Å²) in [5, 5.41) is 3.98. The molecule has 0 bridgehead atoms. The molecule has 138 valence electrons. The van der Waals surface area contributed by atoms with E-state index < -0.39 is 0 Å². The van der Waals surface area contributed by atoms with E-state index in [1.54, 1.807) is 12.3 Å². The third-order valence-corrected chi connectivity index (χ3v) is 4.69. The number of fused-ring (bicyclic) bond motifs is 1. The van der Waals surface area contributed by atoms with Crippen LogP contribution >= 0.6 is 0 Å². The lowest BCUT2D eigenvalue weighted by atomic mass is 10.1. The van der Waals surface area contributed by atoms with Gasteiger partial charge in [-0.1, -0.05) is 18.2 Å². The van der Waals surface area contributed by atoms with Gasteiger partial charge in [0.2, 0.25) is 5.91 Å². The van der Waals surface area contributed by atoms with E-state index in [2.05, 4.69) is 32.3 Å². The molecule has 1 aliphatic heterocycles. The number of rotatable bonds is 5. The molecule has 3 heterocycles. The van der Waals surface area contributed by atoms with Crippen molar-refractivity contribution in [1.29, 1.82) is 0 Å². The van der Waals surface area contributed by atoms with Gasteiger partial charge in [0.05, 0.1) is 13.2 Å². The maximum atomic E-state index is 12.3. The van der Waals surface area contributed by atoms with Crippen molar-refractivity contribution in [3.05, 3.63) is 66.0 Å². The minimum atomic E-state index is -0.120. The number of anilines is 1. The summed E-state index contributed by atoms with van der Waals surface area (Å²) >= 11 is 0. The molecule has 2 N–H and O–H groups in total. The number of morpholine rings is 1. The number of carbonyl (C=O) groups excluding carboxylic acids is 1. The van der Waals surface area contributed by atoms with Crippen LogP contribution in [0.4, 0.5) is 5.69 Å². The Kier molecular flexibility index (Phi) is 5.16. The highest BCUT2D eigenvalue weighted by atomic mass is 16.5. The van der Waals surface area contributed by atoms with Gasteiger partial charge in [0, 0.05) is 54.7 Å². The maximum Gasteiger partial charge on any atom is 0.244 e. The molecule has 1 saturated heterocycles. The van der Waals surface area contributed by atoms with Crippen molar-refractivity contribution in [1.82, 2.24) is 15.3 Å². The van der Waals surface area contributed by atoms with Gasteiger partial charge in [0.15, 0.2) is 0 Å². The average molecular weight is 362 g/mol. The maximum absolute atomic E-state index is 12.3. The number of benzene rings is 1. The van der Waals surface area contributed by atoms with Crippen LogP contribution in [0.15, 0.2) is 54.9 Å². The molecule has 0 unspecified atom stereocenters. The van der Waals surface area contributed by atoms with Crippen molar-refractivity contribution >= 4 is 28.7 Å². The zero-order chi connectivity index (χ0) is 18.5. The van der Waals surface area contributed by atoms with E-state index in [0.29, 0.717) is 6.54 Å². The third-order valence-electron chi connectivity index (χ3n) is 4.69. The molecule has 1 amide bonds. The fourth-order valence-electron chi connectivity index (χ4n) is 3.29. The molecule has 1 aromatic carbocycles. The Balaban J connectivity index is 1.41. The molecule has 1 aliphatic rings. The van der Waals surface area contributed by atoms with Crippen molar-refractivity contribution < 1.29 is 9.53 Å². The van der Waals surface area contributed by atoms with Gasteiger partial charge in [-0.2, -0.15) is 0 Å². The Morgan fingerprint density at radius 3 is 2.96 bits per heavy atom. The summed E-state index contributed by atoms with van der Waals surface area (Å²) in [6, 6.07) is 12.0. The number of nitrogens with zero attached hydrogens (tertiary/aromatic N) is 2. The zero-order valence-electron chi connectivity index (χ0n) is 15.0. The molecule has 0 saturated carbocycles. The van der Waals surface area contributed by atoms with Crippen LogP contribution in [0.3, 0.4) is 0 Å². The van der Waals surface area contributed by atoms with Crippen LogP contribution in [0.2, 0.25) is 0 Å². The van der Waals surface area contributed by atoms with Crippen molar-refractivity contribution in [3.63, 3.8) is 0 Å². The van der Waals surface area contributed by atoms with E-state index in [9.17, 15) is 4.79 Å². The molecular weight excluding hydrogens is 340 g/mol. The molecule has 0 radical (unpaired) electrons. The smallest absolute Gasteiger partial charge is 0.244 e. The number of amides is 1. The highest BCUT2D eigenvalue weighted by Gasteiger charge is 2.14. The molecule has 4 rings (SSSR count). The van der Waals surface area contributed by atoms with E-state index in [1.807, 2.05) is 36.5 Å². The number of H-pyrrole nitrogens is 1. The molecule has 27 heavy (non-hydrogen) atoms. The van der Waals surface area contributed by atoms with Crippen LogP contribution in [0.1, 0.15) is 11.1 Å². The fraction of sp³-hybridized carbons (Fsp3) is 0.238. The highest BCUT2D eigenvalue weighted by Crippen LogP contribution is 2.21. The van der Waals surface area contributed by atoms with Crippen LogP contribution in [-0.2, 0) is 16.1 Å².